The van der Waals surface area contributed by atoms with E-state index in [1.807, 2.05) is 0 Å². The maximum Gasteiger partial charge on any atom is 0.0107 e. The normalized spacial score (nSPS) is 17.8. The van der Waals surface area contributed by atoms with Crippen molar-refractivity contribution in [3.8, 4) is 0 Å². The van der Waals surface area contributed by atoms with Crippen LogP contribution in [0.4, 0.5) is 0 Å². The summed E-state index contributed by atoms with van der Waals surface area (Å²) in [6, 6.07) is 0.877. The van der Waals surface area contributed by atoms with Crippen LogP contribution in [0.3, 0.4) is 0 Å². The molecule has 1 aliphatic carbocycles. The van der Waals surface area contributed by atoms with Crippen LogP contribution in [0.15, 0.2) is 0 Å². The number of nitrogens with one attached hydrogen (secondary N) is 1. The molecule has 1 fully saturated rings. The number of hydrogen-bond donors (Lipinski definition) is 1. The van der Waals surface area contributed by atoms with E-state index in [1.165, 1.54) is 58.0 Å². The third-order valence-corrected chi connectivity index (χ3v) is 3.55. The first-order valence-electron chi connectivity index (χ1n) is 6.75. The Kier molecular flexibility index (Phi) is 7.03. The second-order valence-electron chi connectivity index (χ2n) is 4.88. The highest BCUT2D eigenvalue weighted by Gasteiger charge is 2.18. The SMILES string of the molecule is CCCCCNCCN(C)C1CCCC1. The van der Waals surface area contributed by atoms with Gasteiger partial charge in [0, 0.05) is 19.1 Å². The van der Waals surface area contributed by atoms with Gasteiger partial charge in [-0.1, -0.05) is 32.6 Å². The lowest BCUT2D eigenvalue weighted by molar-refractivity contribution is 0.245. The molecule has 2 nitrogen and oxygen atoms in total. The van der Waals surface area contributed by atoms with Crippen LogP contribution in [0.5, 0.6) is 0 Å². The topological polar surface area (TPSA) is 15.3 Å². The van der Waals surface area contributed by atoms with Crippen LogP contribution in [0.25, 0.3) is 0 Å². The predicted octanol–water partition coefficient (Wildman–Crippen LogP) is 2.64. The Hall–Kier alpha value is -0.0800. The lowest BCUT2D eigenvalue weighted by atomic mass is 10.2. The molecule has 90 valence electrons. The van der Waals surface area contributed by atoms with E-state index in [9.17, 15) is 0 Å². The van der Waals surface area contributed by atoms with E-state index in [0.29, 0.717) is 0 Å². The summed E-state index contributed by atoms with van der Waals surface area (Å²) >= 11 is 0. The van der Waals surface area contributed by atoms with Gasteiger partial charge in [-0.25, -0.2) is 0 Å². The molecule has 0 aromatic carbocycles. The second kappa shape index (κ2) is 8.12. The molecule has 15 heavy (non-hydrogen) atoms. The summed E-state index contributed by atoms with van der Waals surface area (Å²) in [6.07, 6.45) is 9.76. The van der Waals surface area contributed by atoms with Crippen LogP contribution in [0, 0.1) is 0 Å². The van der Waals surface area contributed by atoms with E-state index in [-0.39, 0.29) is 0 Å². The molecule has 1 rings (SSSR count). The van der Waals surface area contributed by atoms with Crippen LogP contribution in [-0.4, -0.2) is 37.6 Å². The van der Waals surface area contributed by atoms with Crippen molar-refractivity contribution < 1.29 is 0 Å². The van der Waals surface area contributed by atoms with Crippen LogP contribution >= 0.6 is 0 Å². The molecule has 0 bridgehead atoms. The van der Waals surface area contributed by atoms with Gasteiger partial charge in [0.2, 0.25) is 0 Å². The Morgan fingerprint density at radius 1 is 1.13 bits per heavy atom. The molecule has 1 saturated carbocycles. The Morgan fingerprint density at radius 2 is 1.87 bits per heavy atom. The van der Waals surface area contributed by atoms with Crippen molar-refractivity contribution in [3.63, 3.8) is 0 Å². The molecular formula is C13H28N2. The summed E-state index contributed by atoms with van der Waals surface area (Å²) in [5.41, 5.74) is 0. The minimum absolute atomic E-state index is 0.877. The number of hydrogen-bond acceptors (Lipinski definition) is 2. The van der Waals surface area contributed by atoms with Crippen molar-refractivity contribution in [2.75, 3.05) is 26.7 Å². The molecular weight excluding hydrogens is 184 g/mol. The Labute approximate surface area is 95.4 Å². The average Bonchev–Trinajstić information content (AvgIpc) is 2.76. The molecule has 0 saturated heterocycles. The molecule has 0 aromatic heterocycles. The summed E-state index contributed by atoms with van der Waals surface area (Å²) in [5.74, 6) is 0. The van der Waals surface area contributed by atoms with Gasteiger partial charge in [0.15, 0.2) is 0 Å². The maximum atomic E-state index is 3.53. The van der Waals surface area contributed by atoms with Crippen molar-refractivity contribution >= 4 is 0 Å². The fraction of sp³-hybridized carbons (Fsp3) is 1.00. The predicted molar refractivity (Wildman–Crippen MR) is 67.3 cm³/mol. The number of unbranched alkanes of at least 4 members (excludes halogenated alkanes) is 2. The quantitative estimate of drug-likeness (QED) is 0.622. The van der Waals surface area contributed by atoms with Crippen LogP contribution in [-0.2, 0) is 0 Å². The van der Waals surface area contributed by atoms with Crippen LogP contribution in [0.1, 0.15) is 51.9 Å². The lowest BCUT2D eigenvalue weighted by Gasteiger charge is -2.23. The minimum atomic E-state index is 0.877. The standard InChI is InChI=1S/C13H28N2/c1-3-4-7-10-14-11-12-15(2)13-8-5-6-9-13/h13-14H,3-12H2,1-2H3. The van der Waals surface area contributed by atoms with Gasteiger partial charge in [-0.05, 0) is 32.9 Å². The van der Waals surface area contributed by atoms with E-state index in [4.69, 9.17) is 0 Å². The summed E-state index contributed by atoms with van der Waals surface area (Å²) in [5, 5.41) is 3.53. The first-order chi connectivity index (χ1) is 7.34. The summed E-state index contributed by atoms with van der Waals surface area (Å²) in [7, 11) is 2.28. The van der Waals surface area contributed by atoms with E-state index in [1.54, 1.807) is 0 Å². The van der Waals surface area contributed by atoms with E-state index in [0.717, 1.165) is 12.6 Å². The first-order valence-corrected chi connectivity index (χ1v) is 6.75. The molecule has 0 heterocycles. The Bertz CT molecular complexity index is 141. The molecule has 0 atom stereocenters. The van der Waals surface area contributed by atoms with E-state index < -0.39 is 0 Å². The zero-order chi connectivity index (χ0) is 10.9. The van der Waals surface area contributed by atoms with Crippen molar-refractivity contribution in [2.24, 2.45) is 0 Å². The first kappa shape index (κ1) is 13.0. The summed E-state index contributed by atoms with van der Waals surface area (Å²) in [4.78, 5) is 2.54. The average molecular weight is 212 g/mol. The zero-order valence-electron chi connectivity index (χ0n) is 10.6. The molecule has 0 unspecified atom stereocenters. The van der Waals surface area contributed by atoms with Crippen molar-refractivity contribution in [3.05, 3.63) is 0 Å². The van der Waals surface area contributed by atoms with Gasteiger partial charge in [-0.2, -0.15) is 0 Å². The van der Waals surface area contributed by atoms with E-state index >= 15 is 0 Å². The highest BCUT2D eigenvalue weighted by atomic mass is 15.1. The zero-order valence-corrected chi connectivity index (χ0v) is 10.6. The van der Waals surface area contributed by atoms with Crippen molar-refractivity contribution in [1.82, 2.24) is 10.2 Å². The van der Waals surface area contributed by atoms with Crippen molar-refractivity contribution in [1.29, 1.82) is 0 Å². The number of rotatable bonds is 8. The monoisotopic (exact) mass is 212 g/mol. The molecule has 0 aliphatic heterocycles. The van der Waals surface area contributed by atoms with Crippen LogP contribution < -0.4 is 5.32 Å². The van der Waals surface area contributed by atoms with Crippen molar-refractivity contribution in [2.45, 2.75) is 57.9 Å². The number of nitrogens with zero attached hydrogens (tertiary/aromatic N) is 1. The van der Waals surface area contributed by atoms with Gasteiger partial charge in [0.05, 0.1) is 0 Å². The lowest BCUT2D eigenvalue weighted by Crippen LogP contribution is -2.35. The highest BCUT2D eigenvalue weighted by Crippen LogP contribution is 2.21. The third-order valence-electron chi connectivity index (χ3n) is 3.55. The summed E-state index contributed by atoms with van der Waals surface area (Å²) < 4.78 is 0. The molecule has 0 spiro atoms. The fourth-order valence-electron chi connectivity index (χ4n) is 2.41. The Morgan fingerprint density at radius 3 is 2.53 bits per heavy atom. The fourth-order valence-corrected chi connectivity index (χ4v) is 2.41. The highest BCUT2D eigenvalue weighted by molar-refractivity contribution is 4.75. The molecule has 1 aliphatic rings. The molecule has 1 N–H and O–H groups in total. The molecule has 2 heteroatoms. The van der Waals surface area contributed by atoms with Gasteiger partial charge < -0.3 is 10.2 Å². The largest absolute Gasteiger partial charge is 0.315 e. The summed E-state index contributed by atoms with van der Waals surface area (Å²) in [6.45, 7) is 5.84. The van der Waals surface area contributed by atoms with E-state index in [2.05, 4.69) is 24.2 Å². The van der Waals surface area contributed by atoms with Gasteiger partial charge in [-0.15, -0.1) is 0 Å². The molecule has 0 aromatic rings. The second-order valence-corrected chi connectivity index (χ2v) is 4.88. The number of likely N-dealkylation sites (N-methyl/N-ethyl adjacent to an activating group) is 1. The maximum absolute atomic E-state index is 3.53. The third kappa shape index (κ3) is 5.53. The van der Waals surface area contributed by atoms with Gasteiger partial charge in [-0.3, -0.25) is 0 Å². The van der Waals surface area contributed by atoms with Gasteiger partial charge >= 0.3 is 0 Å². The smallest absolute Gasteiger partial charge is 0.0107 e. The van der Waals surface area contributed by atoms with Crippen LogP contribution in [0.2, 0.25) is 0 Å². The van der Waals surface area contributed by atoms with Gasteiger partial charge in [0.1, 0.15) is 0 Å². The van der Waals surface area contributed by atoms with Gasteiger partial charge in [0.25, 0.3) is 0 Å². The minimum Gasteiger partial charge on any atom is -0.315 e. The Balaban J connectivity index is 1.90. The molecule has 0 radical (unpaired) electrons. The molecule has 0 amide bonds.